The maximum absolute atomic E-state index is 12.9. The van der Waals surface area contributed by atoms with Crippen molar-refractivity contribution >= 4 is 64.2 Å². The van der Waals surface area contributed by atoms with Crippen molar-refractivity contribution in [3.8, 4) is 0 Å². The molecular formula is C27H28BrN5O3S2. The second kappa shape index (κ2) is 11.4. The van der Waals surface area contributed by atoms with Crippen LogP contribution in [0.4, 0.5) is 10.8 Å². The van der Waals surface area contributed by atoms with Crippen molar-refractivity contribution in [3.05, 3.63) is 82.3 Å². The third kappa shape index (κ3) is 6.17. The lowest BCUT2D eigenvalue weighted by atomic mass is 10.1. The van der Waals surface area contributed by atoms with Crippen molar-refractivity contribution in [3.63, 3.8) is 0 Å². The maximum Gasteiger partial charge on any atom is 0.261 e. The van der Waals surface area contributed by atoms with Gasteiger partial charge in [-0.1, -0.05) is 57.1 Å². The van der Waals surface area contributed by atoms with Gasteiger partial charge in [0, 0.05) is 43.7 Å². The Morgan fingerprint density at radius 3 is 2.53 bits per heavy atom. The number of fused-ring (bicyclic) bond motifs is 1. The van der Waals surface area contributed by atoms with Crippen LogP contribution in [-0.2, 0) is 10.0 Å². The molecule has 1 aromatic heterocycles. The van der Waals surface area contributed by atoms with Gasteiger partial charge in [0.15, 0.2) is 5.13 Å². The normalized spacial score (nSPS) is 14.5. The molecule has 2 N–H and O–H groups in total. The molecular weight excluding hydrogens is 586 g/mol. The van der Waals surface area contributed by atoms with Gasteiger partial charge in [0.1, 0.15) is 0 Å². The highest BCUT2D eigenvalue weighted by atomic mass is 79.9. The van der Waals surface area contributed by atoms with Gasteiger partial charge in [-0.2, -0.15) is 0 Å². The van der Waals surface area contributed by atoms with E-state index in [0.29, 0.717) is 13.1 Å². The van der Waals surface area contributed by atoms with Crippen LogP contribution < -0.4 is 14.9 Å². The molecule has 0 spiro atoms. The molecule has 198 valence electrons. The van der Waals surface area contributed by atoms with Gasteiger partial charge in [0.05, 0.1) is 26.4 Å². The van der Waals surface area contributed by atoms with Crippen molar-refractivity contribution in [1.82, 2.24) is 15.2 Å². The molecule has 11 heteroatoms. The van der Waals surface area contributed by atoms with Crippen LogP contribution in [-0.4, -0.2) is 63.5 Å². The van der Waals surface area contributed by atoms with E-state index in [1.165, 1.54) is 4.70 Å². The van der Waals surface area contributed by atoms with Crippen LogP contribution in [0, 0.1) is 6.92 Å². The first-order chi connectivity index (χ1) is 18.3. The van der Waals surface area contributed by atoms with Crippen molar-refractivity contribution < 1.29 is 13.2 Å². The quantitative estimate of drug-likeness (QED) is 0.299. The SMILES string of the molecule is Cc1ccc(S(=O)(=O)Nc2ccccc2C(=O)NCCN2CCN(c3nc4ccc(Br)cc4s3)CC2)cc1. The summed E-state index contributed by atoms with van der Waals surface area (Å²) in [6, 6.07) is 19.4. The fourth-order valence-corrected chi connectivity index (χ4v) is 6.95. The summed E-state index contributed by atoms with van der Waals surface area (Å²) in [7, 11) is -3.81. The van der Waals surface area contributed by atoms with E-state index in [-0.39, 0.29) is 22.1 Å². The highest BCUT2D eigenvalue weighted by Gasteiger charge is 2.21. The lowest BCUT2D eigenvalue weighted by Gasteiger charge is -2.34. The van der Waals surface area contributed by atoms with Gasteiger partial charge in [-0.25, -0.2) is 13.4 Å². The molecule has 5 rings (SSSR count). The van der Waals surface area contributed by atoms with Crippen molar-refractivity contribution in [2.45, 2.75) is 11.8 Å². The minimum atomic E-state index is -3.81. The Bertz CT molecular complexity index is 1550. The van der Waals surface area contributed by atoms with Gasteiger partial charge in [-0.05, 0) is 49.4 Å². The fourth-order valence-electron chi connectivity index (χ4n) is 4.30. The molecule has 0 aliphatic carbocycles. The van der Waals surface area contributed by atoms with E-state index in [1.807, 2.05) is 19.1 Å². The molecule has 0 unspecified atom stereocenters. The Morgan fingerprint density at radius 1 is 1.03 bits per heavy atom. The number of rotatable bonds is 8. The van der Waals surface area contributed by atoms with Crippen LogP contribution in [0.3, 0.4) is 0 Å². The number of carbonyl (C=O) groups is 1. The zero-order valence-electron chi connectivity index (χ0n) is 20.9. The molecule has 1 amide bonds. The number of sulfonamides is 1. The number of halogens is 1. The van der Waals surface area contributed by atoms with E-state index < -0.39 is 10.0 Å². The van der Waals surface area contributed by atoms with Crippen LogP contribution in [0.5, 0.6) is 0 Å². The van der Waals surface area contributed by atoms with E-state index in [2.05, 4.69) is 41.8 Å². The van der Waals surface area contributed by atoms with Gasteiger partial charge in [0.25, 0.3) is 15.9 Å². The monoisotopic (exact) mass is 613 g/mol. The average molecular weight is 615 g/mol. The molecule has 1 aliphatic heterocycles. The molecule has 2 heterocycles. The first kappa shape index (κ1) is 26.6. The largest absolute Gasteiger partial charge is 0.351 e. The predicted octanol–water partition coefficient (Wildman–Crippen LogP) is 4.72. The van der Waals surface area contributed by atoms with Gasteiger partial charge >= 0.3 is 0 Å². The van der Waals surface area contributed by atoms with E-state index in [1.54, 1.807) is 59.9 Å². The molecule has 0 saturated carbocycles. The molecule has 1 fully saturated rings. The number of nitrogens with zero attached hydrogens (tertiary/aromatic N) is 3. The molecule has 0 atom stereocenters. The number of carbonyl (C=O) groups excluding carboxylic acids is 1. The standard InChI is InChI=1S/C27H28BrN5O3S2/c1-19-6-9-21(10-7-19)38(35,36)31-23-5-3-2-4-22(23)26(34)29-12-13-32-14-16-33(17-15-32)27-30-24-11-8-20(28)18-25(24)37-27/h2-11,18,31H,12-17H2,1H3,(H,29,34). The Hall–Kier alpha value is -2.99. The molecule has 8 nitrogen and oxygen atoms in total. The Morgan fingerprint density at radius 2 is 1.76 bits per heavy atom. The minimum Gasteiger partial charge on any atom is -0.351 e. The number of para-hydroxylation sites is 1. The maximum atomic E-state index is 12.9. The van der Waals surface area contributed by atoms with Crippen LogP contribution in [0.2, 0.25) is 0 Å². The molecule has 0 bridgehead atoms. The number of amides is 1. The number of hydrogen-bond donors (Lipinski definition) is 2. The zero-order chi connectivity index (χ0) is 26.7. The van der Waals surface area contributed by atoms with Gasteiger partial charge in [-0.3, -0.25) is 14.4 Å². The number of aromatic nitrogens is 1. The van der Waals surface area contributed by atoms with Crippen LogP contribution in [0.25, 0.3) is 10.2 Å². The van der Waals surface area contributed by atoms with E-state index in [0.717, 1.165) is 46.9 Å². The van der Waals surface area contributed by atoms with E-state index >= 15 is 0 Å². The summed E-state index contributed by atoms with van der Waals surface area (Å²) in [6.45, 7) is 6.57. The Balaban J connectivity index is 1.14. The molecule has 38 heavy (non-hydrogen) atoms. The highest BCUT2D eigenvalue weighted by Crippen LogP contribution is 2.31. The number of nitrogens with one attached hydrogen (secondary N) is 2. The summed E-state index contributed by atoms with van der Waals surface area (Å²) >= 11 is 5.22. The number of benzene rings is 3. The number of aryl methyl sites for hydroxylation is 1. The number of anilines is 2. The molecule has 0 radical (unpaired) electrons. The molecule has 1 saturated heterocycles. The second-order valence-electron chi connectivity index (χ2n) is 9.16. The highest BCUT2D eigenvalue weighted by molar-refractivity contribution is 9.10. The average Bonchev–Trinajstić information content (AvgIpc) is 3.32. The lowest BCUT2D eigenvalue weighted by molar-refractivity contribution is 0.0948. The van der Waals surface area contributed by atoms with Gasteiger partial charge in [0.2, 0.25) is 0 Å². The summed E-state index contributed by atoms with van der Waals surface area (Å²) in [5.41, 5.74) is 2.52. The van der Waals surface area contributed by atoms with Crippen LogP contribution >= 0.6 is 27.3 Å². The van der Waals surface area contributed by atoms with E-state index in [9.17, 15) is 13.2 Å². The molecule has 3 aromatic carbocycles. The summed E-state index contributed by atoms with van der Waals surface area (Å²) in [5, 5.41) is 3.98. The Labute approximate surface area is 234 Å². The third-order valence-electron chi connectivity index (χ3n) is 6.44. The zero-order valence-corrected chi connectivity index (χ0v) is 24.1. The van der Waals surface area contributed by atoms with Crippen molar-refractivity contribution in [1.29, 1.82) is 0 Å². The number of piperazine rings is 1. The predicted molar refractivity (Wildman–Crippen MR) is 157 cm³/mol. The number of thiazole rings is 1. The topological polar surface area (TPSA) is 94.6 Å². The van der Waals surface area contributed by atoms with Crippen LogP contribution in [0.15, 0.2) is 76.1 Å². The lowest BCUT2D eigenvalue weighted by Crippen LogP contribution is -2.48. The fraction of sp³-hybridized carbons (Fsp3) is 0.259. The second-order valence-corrected chi connectivity index (χ2v) is 12.8. The summed E-state index contributed by atoms with van der Waals surface area (Å²) in [5.74, 6) is -0.313. The van der Waals surface area contributed by atoms with Crippen molar-refractivity contribution in [2.75, 3.05) is 48.9 Å². The molecule has 4 aromatic rings. The summed E-state index contributed by atoms with van der Waals surface area (Å²) < 4.78 is 30.5. The first-order valence-corrected chi connectivity index (χ1v) is 15.4. The van der Waals surface area contributed by atoms with Gasteiger partial charge < -0.3 is 10.2 Å². The van der Waals surface area contributed by atoms with E-state index in [4.69, 9.17) is 4.98 Å². The number of hydrogen-bond acceptors (Lipinski definition) is 7. The smallest absolute Gasteiger partial charge is 0.261 e. The Kier molecular flexibility index (Phi) is 7.98. The van der Waals surface area contributed by atoms with Gasteiger partial charge in [-0.15, -0.1) is 0 Å². The summed E-state index contributed by atoms with van der Waals surface area (Å²) in [6.07, 6.45) is 0. The third-order valence-corrected chi connectivity index (χ3v) is 9.40. The molecule has 1 aliphatic rings. The summed E-state index contributed by atoms with van der Waals surface area (Å²) in [4.78, 5) is 22.5. The van der Waals surface area contributed by atoms with Crippen molar-refractivity contribution in [2.24, 2.45) is 0 Å². The first-order valence-electron chi connectivity index (χ1n) is 12.3. The van der Waals surface area contributed by atoms with Crippen LogP contribution in [0.1, 0.15) is 15.9 Å². The minimum absolute atomic E-state index is 0.149.